The number of aliphatic hydroxyl groups excluding tert-OH is 2. The summed E-state index contributed by atoms with van der Waals surface area (Å²) in [6.45, 7) is 13.1. The first-order chi connectivity index (χ1) is 14.9. The Morgan fingerprint density at radius 1 is 1.03 bits per heavy atom. The number of ether oxygens (including phenoxy) is 1. The molecule has 0 saturated carbocycles. The monoisotopic (exact) mass is 512 g/mol. The van der Waals surface area contributed by atoms with E-state index in [1.165, 1.54) is 13.6 Å². The molecule has 0 bridgehead atoms. The lowest BCUT2D eigenvalue weighted by Crippen LogP contribution is -2.45. The van der Waals surface area contributed by atoms with Crippen molar-refractivity contribution < 1.29 is 43.1 Å². The van der Waals surface area contributed by atoms with Crippen molar-refractivity contribution in [2.75, 3.05) is 6.66 Å². The smallest absolute Gasteiger partial charge is 0.359 e. The predicted octanol–water partition coefficient (Wildman–Crippen LogP) is 3.35. The van der Waals surface area contributed by atoms with E-state index in [-0.39, 0.29) is 19.3 Å². The van der Waals surface area contributed by atoms with Crippen molar-refractivity contribution in [1.82, 2.24) is 0 Å². The number of hydrogen-bond acceptors (Lipinski definition) is 8. The van der Waals surface area contributed by atoms with Crippen molar-refractivity contribution in [3.05, 3.63) is 0 Å². The Morgan fingerprint density at radius 3 is 1.94 bits per heavy atom. The third kappa shape index (κ3) is 6.52. The Morgan fingerprint density at radius 2 is 1.58 bits per heavy atom. The van der Waals surface area contributed by atoms with Crippen molar-refractivity contribution in [2.24, 2.45) is 0 Å². The molecular formula is C21H43BO9P2. The van der Waals surface area contributed by atoms with Gasteiger partial charge in [-0.2, -0.15) is 0 Å². The van der Waals surface area contributed by atoms with Gasteiger partial charge in [-0.25, -0.2) is 0 Å². The number of rotatable bonds is 13. The van der Waals surface area contributed by atoms with Gasteiger partial charge in [0.25, 0.3) is 0 Å². The van der Waals surface area contributed by atoms with Crippen molar-refractivity contribution in [3.63, 3.8) is 0 Å². The summed E-state index contributed by atoms with van der Waals surface area (Å²) in [4.78, 5) is 10.5. The van der Waals surface area contributed by atoms with Crippen LogP contribution in [-0.2, 0) is 22.9 Å². The van der Waals surface area contributed by atoms with Gasteiger partial charge in [-0.05, 0) is 46.5 Å². The first-order valence-corrected chi connectivity index (χ1v) is 15.3. The van der Waals surface area contributed by atoms with Crippen LogP contribution in [0, 0.1) is 0 Å². The summed E-state index contributed by atoms with van der Waals surface area (Å²) in [5.74, 6) is 0. The summed E-state index contributed by atoms with van der Waals surface area (Å²) in [6, 6.07) is -1.02. The molecule has 1 rings (SSSR count). The van der Waals surface area contributed by atoms with Crippen LogP contribution in [0.1, 0.15) is 80.6 Å². The van der Waals surface area contributed by atoms with Crippen LogP contribution in [0.3, 0.4) is 0 Å². The lowest BCUT2D eigenvalue weighted by atomic mass is 9.90. The van der Waals surface area contributed by atoms with Crippen LogP contribution < -0.4 is 0 Å². The highest BCUT2D eigenvalue weighted by Crippen LogP contribution is 2.66. The lowest BCUT2D eigenvalue weighted by Gasteiger charge is -2.45. The molecule has 1 aliphatic heterocycles. The Hall–Kier alpha value is 0.245. The minimum Gasteiger partial charge on any atom is -0.388 e. The lowest BCUT2D eigenvalue weighted by molar-refractivity contribution is -0.0349. The third-order valence-electron chi connectivity index (χ3n) is 7.43. The fraction of sp³-hybridized carbons (Fsp3) is 1.00. The molecular weight excluding hydrogens is 469 g/mol. The van der Waals surface area contributed by atoms with Crippen molar-refractivity contribution in [1.29, 1.82) is 0 Å². The third-order valence-corrected chi connectivity index (χ3v) is 12.8. The molecule has 1 heterocycles. The molecule has 12 heteroatoms. The normalized spacial score (nSPS) is 33.8. The SMILES string of the molecule is [B][C@@H]1O[C@H](CC(C)(CC)OP(C)(=O)C(C)(CC)C(CC)OP(=O)(O)[C@@](C)(O)CC)[C@@H](O)[C@H]1O. The van der Waals surface area contributed by atoms with Crippen LogP contribution in [0.5, 0.6) is 0 Å². The van der Waals surface area contributed by atoms with Gasteiger partial charge in [-0.3, -0.25) is 9.13 Å². The van der Waals surface area contributed by atoms with Crippen LogP contribution in [0.15, 0.2) is 0 Å². The van der Waals surface area contributed by atoms with Gasteiger partial charge < -0.3 is 34.0 Å². The van der Waals surface area contributed by atoms with E-state index in [0.717, 1.165) is 0 Å². The highest BCUT2D eigenvalue weighted by molar-refractivity contribution is 7.60. The van der Waals surface area contributed by atoms with Gasteiger partial charge in [0, 0.05) is 19.1 Å². The molecule has 194 valence electrons. The topological polar surface area (TPSA) is 143 Å². The molecule has 1 aliphatic rings. The first kappa shape index (κ1) is 31.3. The van der Waals surface area contributed by atoms with E-state index in [4.69, 9.17) is 21.6 Å². The molecule has 1 fully saturated rings. The fourth-order valence-electron chi connectivity index (χ4n) is 4.03. The van der Waals surface area contributed by atoms with Crippen LogP contribution in [-0.4, -0.2) is 81.2 Å². The average Bonchev–Trinajstić information content (AvgIpc) is 2.96. The quantitative estimate of drug-likeness (QED) is 0.216. The minimum atomic E-state index is -4.47. The largest absolute Gasteiger partial charge is 0.388 e. The summed E-state index contributed by atoms with van der Waals surface area (Å²) in [6.07, 6.45) is -3.02. The van der Waals surface area contributed by atoms with Crippen molar-refractivity contribution in [2.45, 2.75) is 127 Å². The second kappa shape index (κ2) is 11.1. The second-order valence-corrected chi connectivity index (χ2v) is 15.0. The summed E-state index contributed by atoms with van der Waals surface area (Å²) in [7, 11) is -2.33. The van der Waals surface area contributed by atoms with Crippen LogP contribution in [0.2, 0.25) is 0 Å². The standard InChI is InChI=1S/C21H43BO9P2/c1-9-15(30-33(27,28)21(7,25)12-4)20(6,11-3)32(8,26)31-19(5,10-2)13-14-16(23)17(24)18(22)29-14/h14-18,23-25H,9-13H2,1-8H3,(H,27,28)/t14-,15?,16-,17-,18-,19?,20?,21-,32?/m1/s1. The van der Waals surface area contributed by atoms with Gasteiger partial charge in [-0.1, -0.05) is 27.7 Å². The second-order valence-electron chi connectivity index (χ2n) is 9.87. The van der Waals surface area contributed by atoms with Gasteiger partial charge in [0.1, 0.15) is 14.0 Å². The van der Waals surface area contributed by atoms with E-state index >= 15 is 0 Å². The maximum absolute atomic E-state index is 14.1. The molecule has 0 amide bonds. The average molecular weight is 512 g/mol. The van der Waals surface area contributed by atoms with Gasteiger partial charge in [0.15, 0.2) is 5.34 Å². The first-order valence-electron chi connectivity index (χ1n) is 11.7. The molecule has 10 atom stereocenters. The van der Waals surface area contributed by atoms with E-state index in [0.29, 0.717) is 12.8 Å². The van der Waals surface area contributed by atoms with Crippen LogP contribution >= 0.6 is 15.0 Å². The molecule has 0 aromatic heterocycles. The molecule has 2 radical (unpaired) electrons. The van der Waals surface area contributed by atoms with E-state index in [2.05, 4.69) is 0 Å². The summed E-state index contributed by atoms with van der Waals surface area (Å²) in [5, 5.41) is 27.5. The molecule has 5 unspecified atom stereocenters. The van der Waals surface area contributed by atoms with Gasteiger partial charge in [-0.15, -0.1) is 0 Å². The molecule has 0 spiro atoms. The molecule has 0 aliphatic carbocycles. The Bertz CT molecular complexity index is 751. The number of hydrogen-bond donors (Lipinski definition) is 4. The van der Waals surface area contributed by atoms with Gasteiger partial charge >= 0.3 is 7.60 Å². The Labute approximate surface area is 200 Å². The van der Waals surface area contributed by atoms with Crippen LogP contribution in [0.4, 0.5) is 0 Å². The highest BCUT2D eigenvalue weighted by Gasteiger charge is 2.54. The van der Waals surface area contributed by atoms with E-state index in [9.17, 15) is 29.3 Å². The van der Waals surface area contributed by atoms with Gasteiger partial charge in [0.2, 0.25) is 7.37 Å². The Kier molecular flexibility index (Phi) is 10.5. The molecule has 4 N–H and O–H groups in total. The fourth-order valence-corrected chi connectivity index (χ4v) is 8.06. The zero-order valence-corrected chi connectivity index (χ0v) is 23.0. The van der Waals surface area contributed by atoms with Crippen molar-refractivity contribution in [3.8, 4) is 0 Å². The summed E-state index contributed by atoms with van der Waals surface area (Å²) >= 11 is 0. The summed E-state index contributed by atoms with van der Waals surface area (Å²) in [5.41, 5.74) is -1.01. The van der Waals surface area contributed by atoms with Gasteiger partial charge in [0.05, 0.1) is 29.1 Å². The number of aliphatic hydroxyl groups is 3. The summed E-state index contributed by atoms with van der Waals surface area (Å²) < 4.78 is 44.3. The zero-order valence-electron chi connectivity index (χ0n) is 21.2. The molecule has 0 aromatic carbocycles. The zero-order chi connectivity index (χ0) is 26.0. The molecule has 33 heavy (non-hydrogen) atoms. The molecule has 9 nitrogen and oxygen atoms in total. The predicted molar refractivity (Wildman–Crippen MR) is 129 cm³/mol. The minimum absolute atomic E-state index is 0.00590. The Balaban J connectivity index is 3.23. The van der Waals surface area contributed by atoms with E-state index in [1.807, 2.05) is 6.92 Å². The van der Waals surface area contributed by atoms with E-state index in [1.54, 1.807) is 34.6 Å². The molecule has 0 aromatic rings. The van der Waals surface area contributed by atoms with E-state index < -0.39 is 61.5 Å². The van der Waals surface area contributed by atoms with Crippen LogP contribution in [0.25, 0.3) is 0 Å². The highest BCUT2D eigenvalue weighted by atomic mass is 31.2. The van der Waals surface area contributed by atoms with Crippen molar-refractivity contribution >= 4 is 22.8 Å². The maximum atomic E-state index is 14.1. The maximum Gasteiger partial charge on any atom is 0.359 e. The molecule has 1 saturated heterocycles.